The topological polar surface area (TPSA) is 79.3 Å². The number of rotatable bonds is 7. The Morgan fingerprint density at radius 2 is 2.44 bits per heavy atom. The Bertz CT molecular complexity index is 379. The molecule has 1 unspecified atom stereocenters. The molecule has 5 nitrogen and oxygen atoms in total. The van der Waals surface area contributed by atoms with Crippen molar-refractivity contribution in [1.82, 2.24) is 4.98 Å². The highest BCUT2D eigenvalue weighted by Crippen LogP contribution is 2.15. The lowest BCUT2D eigenvalue weighted by Crippen LogP contribution is -2.11. The normalized spacial score (nSPS) is 12.3. The number of aromatic nitrogens is 1. The molecule has 7 heteroatoms. The monoisotopic (exact) mass is 262 g/mol. The number of carboxylic acid groups (broad SMARTS) is 1. The van der Waals surface area contributed by atoms with E-state index in [-0.39, 0.29) is 6.42 Å². The second kappa shape index (κ2) is 6.59. The molecule has 1 aromatic heterocycles. The van der Waals surface area contributed by atoms with Crippen molar-refractivity contribution in [1.29, 1.82) is 0 Å². The Morgan fingerprint density at radius 1 is 1.69 bits per heavy atom. The lowest BCUT2D eigenvalue weighted by Gasteiger charge is -2.00. The molecule has 0 spiro atoms. The standard InChI is InChI=1S/C9H14N2O3S2/c1-2-16(14)4-3-10-9-11-7(6-15-9)5-8(12)13/h6H,2-5H2,1H3,(H,10,11)(H,12,13). The van der Waals surface area contributed by atoms with Gasteiger partial charge in [-0.15, -0.1) is 11.3 Å². The lowest BCUT2D eigenvalue weighted by atomic mass is 10.3. The molecule has 90 valence electrons. The number of hydrogen-bond acceptors (Lipinski definition) is 5. The summed E-state index contributed by atoms with van der Waals surface area (Å²) in [7, 11) is -0.783. The highest BCUT2D eigenvalue weighted by Gasteiger charge is 2.05. The summed E-state index contributed by atoms with van der Waals surface area (Å²) in [6.45, 7) is 2.48. The van der Waals surface area contributed by atoms with Crippen molar-refractivity contribution >= 4 is 33.2 Å². The van der Waals surface area contributed by atoms with Gasteiger partial charge in [0.2, 0.25) is 0 Å². The van der Waals surface area contributed by atoms with Crippen molar-refractivity contribution in [3.05, 3.63) is 11.1 Å². The van der Waals surface area contributed by atoms with E-state index in [0.29, 0.717) is 28.9 Å². The van der Waals surface area contributed by atoms with Crippen molar-refractivity contribution in [2.24, 2.45) is 0 Å². The van der Waals surface area contributed by atoms with Gasteiger partial charge in [-0.3, -0.25) is 9.00 Å². The fourth-order valence-corrected chi connectivity index (χ4v) is 2.40. The Morgan fingerprint density at radius 3 is 3.06 bits per heavy atom. The van der Waals surface area contributed by atoms with Crippen molar-refractivity contribution in [3.8, 4) is 0 Å². The van der Waals surface area contributed by atoms with Gasteiger partial charge in [0.1, 0.15) is 0 Å². The fraction of sp³-hybridized carbons (Fsp3) is 0.556. The van der Waals surface area contributed by atoms with E-state index in [2.05, 4.69) is 10.3 Å². The van der Waals surface area contributed by atoms with Crippen LogP contribution in [-0.2, 0) is 22.0 Å². The maximum Gasteiger partial charge on any atom is 0.309 e. The molecular formula is C9H14N2O3S2. The summed E-state index contributed by atoms with van der Waals surface area (Å²) < 4.78 is 11.1. The third-order valence-corrected chi connectivity index (χ3v) is 3.96. The highest BCUT2D eigenvalue weighted by atomic mass is 32.2. The summed E-state index contributed by atoms with van der Waals surface area (Å²) in [6.07, 6.45) is -0.0565. The first kappa shape index (κ1) is 13.1. The quantitative estimate of drug-likeness (QED) is 0.765. The first-order valence-electron chi connectivity index (χ1n) is 4.87. The lowest BCUT2D eigenvalue weighted by molar-refractivity contribution is -0.136. The summed E-state index contributed by atoms with van der Waals surface area (Å²) in [4.78, 5) is 14.5. The molecule has 1 heterocycles. The molecule has 0 amide bonds. The molecule has 1 atom stereocenters. The molecule has 0 fully saturated rings. The van der Waals surface area contributed by atoms with Crippen LogP contribution in [0.5, 0.6) is 0 Å². The SMILES string of the molecule is CCS(=O)CCNc1nc(CC(=O)O)cs1. The van der Waals surface area contributed by atoms with Crippen LogP contribution in [0.3, 0.4) is 0 Å². The molecule has 2 N–H and O–H groups in total. The zero-order valence-electron chi connectivity index (χ0n) is 8.93. The van der Waals surface area contributed by atoms with Gasteiger partial charge in [-0.25, -0.2) is 4.98 Å². The van der Waals surface area contributed by atoms with Gasteiger partial charge in [-0.2, -0.15) is 0 Å². The van der Waals surface area contributed by atoms with Gasteiger partial charge in [0.25, 0.3) is 0 Å². The van der Waals surface area contributed by atoms with Crippen LogP contribution in [-0.4, -0.2) is 38.3 Å². The molecular weight excluding hydrogens is 248 g/mol. The minimum atomic E-state index is -0.885. The van der Waals surface area contributed by atoms with Gasteiger partial charge in [0, 0.05) is 34.2 Å². The van der Waals surface area contributed by atoms with Gasteiger partial charge < -0.3 is 10.4 Å². The molecule has 16 heavy (non-hydrogen) atoms. The average molecular weight is 262 g/mol. The fourth-order valence-electron chi connectivity index (χ4n) is 1.04. The summed E-state index contributed by atoms with van der Waals surface area (Å²) >= 11 is 1.37. The van der Waals surface area contributed by atoms with E-state index in [1.807, 2.05) is 6.92 Å². The van der Waals surface area contributed by atoms with E-state index in [4.69, 9.17) is 5.11 Å². The van der Waals surface area contributed by atoms with Crippen molar-refractivity contribution < 1.29 is 14.1 Å². The van der Waals surface area contributed by atoms with Crippen LogP contribution < -0.4 is 5.32 Å². The zero-order valence-corrected chi connectivity index (χ0v) is 10.6. The molecule has 0 saturated heterocycles. The van der Waals surface area contributed by atoms with Crippen LogP contribution >= 0.6 is 11.3 Å². The second-order valence-electron chi connectivity index (χ2n) is 3.07. The van der Waals surface area contributed by atoms with Crippen LogP contribution in [0, 0.1) is 0 Å². The molecule has 1 rings (SSSR count). The number of carbonyl (C=O) groups is 1. The summed E-state index contributed by atoms with van der Waals surface area (Å²) in [6, 6.07) is 0. The molecule has 1 aromatic rings. The van der Waals surface area contributed by atoms with Crippen LogP contribution in [0.2, 0.25) is 0 Å². The average Bonchev–Trinajstić information content (AvgIpc) is 2.64. The third kappa shape index (κ3) is 4.71. The minimum absolute atomic E-state index is 0.0565. The van der Waals surface area contributed by atoms with E-state index in [1.54, 1.807) is 5.38 Å². The van der Waals surface area contributed by atoms with Crippen LogP contribution in [0.15, 0.2) is 5.38 Å². The number of nitrogens with one attached hydrogen (secondary N) is 1. The van der Waals surface area contributed by atoms with Gasteiger partial charge in [0.05, 0.1) is 12.1 Å². The Labute approximate surface area is 100 Å². The molecule has 0 saturated carbocycles. The zero-order chi connectivity index (χ0) is 12.0. The van der Waals surface area contributed by atoms with Gasteiger partial charge in [0.15, 0.2) is 5.13 Å². The molecule has 0 radical (unpaired) electrons. The van der Waals surface area contributed by atoms with Crippen LogP contribution in [0.25, 0.3) is 0 Å². The molecule has 0 aliphatic heterocycles. The Balaban J connectivity index is 2.34. The van der Waals surface area contributed by atoms with E-state index < -0.39 is 16.8 Å². The van der Waals surface area contributed by atoms with Crippen LogP contribution in [0.4, 0.5) is 5.13 Å². The smallest absolute Gasteiger partial charge is 0.309 e. The highest BCUT2D eigenvalue weighted by molar-refractivity contribution is 7.84. The summed E-state index contributed by atoms with van der Waals surface area (Å²) in [5.41, 5.74) is 0.552. The molecule has 0 aliphatic carbocycles. The van der Waals surface area contributed by atoms with Gasteiger partial charge >= 0.3 is 5.97 Å². The maximum atomic E-state index is 11.1. The summed E-state index contributed by atoms with van der Waals surface area (Å²) in [5, 5.41) is 14.0. The number of aliphatic carboxylic acids is 1. The van der Waals surface area contributed by atoms with Crippen molar-refractivity contribution in [3.63, 3.8) is 0 Å². The number of nitrogens with zero attached hydrogens (tertiary/aromatic N) is 1. The van der Waals surface area contributed by atoms with E-state index in [0.717, 1.165) is 0 Å². The van der Waals surface area contributed by atoms with Gasteiger partial charge in [-0.05, 0) is 0 Å². The maximum absolute atomic E-state index is 11.1. The largest absolute Gasteiger partial charge is 0.481 e. The molecule has 0 aliphatic rings. The number of thiazole rings is 1. The Kier molecular flexibility index (Phi) is 5.41. The molecule has 0 bridgehead atoms. The van der Waals surface area contributed by atoms with Crippen molar-refractivity contribution in [2.45, 2.75) is 13.3 Å². The second-order valence-corrected chi connectivity index (χ2v) is 5.80. The predicted octanol–water partition coefficient (Wildman–Crippen LogP) is 0.951. The van der Waals surface area contributed by atoms with Gasteiger partial charge in [-0.1, -0.05) is 6.92 Å². The Hall–Kier alpha value is -0.950. The van der Waals surface area contributed by atoms with E-state index >= 15 is 0 Å². The van der Waals surface area contributed by atoms with E-state index in [9.17, 15) is 9.00 Å². The predicted molar refractivity (Wildman–Crippen MR) is 65.5 cm³/mol. The van der Waals surface area contributed by atoms with Crippen LogP contribution in [0.1, 0.15) is 12.6 Å². The van der Waals surface area contributed by atoms with E-state index in [1.165, 1.54) is 11.3 Å². The number of anilines is 1. The first-order valence-corrected chi connectivity index (χ1v) is 7.23. The van der Waals surface area contributed by atoms with Crippen molar-refractivity contribution in [2.75, 3.05) is 23.4 Å². The minimum Gasteiger partial charge on any atom is -0.481 e. The number of hydrogen-bond donors (Lipinski definition) is 2. The summed E-state index contributed by atoms with van der Waals surface area (Å²) in [5.74, 6) is 0.359. The number of carboxylic acids is 1. The third-order valence-electron chi connectivity index (χ3n) is 1.81. The molecule has 0 aromatic carbocycles. The first-order chi connectivity index (χ1) is 7.61.